The molecular weight excluding hydrogens is 244 g/mol. The summed E-state index contributed by atoms with van der Waals surface area (Å²) in [4.78, 5) is 0.402. The lowest BCUT2D eigenvalue weighted by molar-refractivity contribution is 0.296. The molecule has 0 aliphatic heterocycles. The van der Waals surface area contributed by atoms with E-state index >= 15 is 0 Å². The van der Waals surface area contributed by atoms with Crippen molar-refractivity contribution in [1.29, 1.82) is 0 Å². The van der Waals surface area contributed by atoms with Gasteiger partial charge in [0, 0.05) is 5.92 Å². The van der Waals surface area contributed by atoms with Crippen LogP contribution in [0, 0.1) is 0 Å². The Kier molecular flexibility index (Phi) is 3.33. The van der Waals surface area contributed by atoms with Crippen molar-refractivity contribution in [3.8, 4) is 0 Å². The van der Waals surface area contributed by atoms with Crippen molar-refractivity contribution < 1.29 is 0 Å². The van der Waals surface area contributed by atoms with Crippen LogP contribution in [0.5, 0.6) is 0 Å². The van der Waals surface area contributed by atoms with Gasteiger partial charge in [-0.05, 0) is 25.7 Å². The molecule has 0 amide bonds. The molecule has 4 nitrogen and oxygen atoms in total. The van der Waals surface area contributed by atoms with Crippen LogP contribution in [-0.4, -0.2) is 20.0 Å². The van der Waals surface area contributed by atoms with E-state index in [4.69, 9.17) is 18.0 Å². The molecule has 1 aromatic heterocycles. The summed E-state index contributed by atoms with van der Waals surface area (Å²) in [5, 5.41) is 8.60. The van der Waals surface area contributed by atoms with E-state index in [2.05, 4.69) is 15.0 Å². The normalized spacial score (nSPS) is 21.8. The van der Waals surface area contributed by atoms with Gasteiger partial charge in [0.05, 0.1) is 11.7 Å². The Labute approximate surface area is 113 Å². The van der Waals surface area contributed by atoms with Crippen LogP contribution in [-0.2, 0) is 0 Å². The van der Waals surface area contributed by atoms with Crippen molar-refractivity contribution in [1.82, 2.24) is 15.0 Å². The van der Waals surface area contributed by atoms with E-state index in [1.165, 1.54) is 57.1 Å². The Hall–Kier alpha value is -0.970. The van der Waals surface area contributed by atoms with Crippen LogP contribution < -0.4 is 5.73 Å². The Morgan fingerprint density at radius 3 is 2.39 bits per heavy atom. The molecule has 18 heavy (non-hydrogen) atoms. The molecule has 2 aliphatic rings. The second-order valence-corrected chi connectivity index (χ2v) is 5.99. The number of hydrogen-bond donors (Lipinski definition) is 1. The van der Waals surface area contributed by atoms with Crippen LogP contribution in [0.1, 0.15) is 74.7 Å². The van der Waals surface area contributed by atoms with Crippen LogP contribution in [0.4, 0.5) is 0 Å². The van der Waals surface area contributed by atoms with Crippen molar-refractivity contribution >= 4 is 17.2 Å². The van der Waals surface area contributed by atoms with Gasteiger partial charge in [-0.3, -0.25) is 0 Å². The third-order valence-electron chi connectivity index (χ3n) is 4.38. The Balaban J connectivity index is 1.94. The summed E-state index contributed by atoms with van der Waals surface area (Å²) < 4.78 is 2.15. The molecule has 2 N–H and O–H groups in total. The molecule has 0 atom stereocenters. The van der Waals surface area contributed by atoms with Crippen LogP contribution in [0.15, 0.2) is 0 Å². The molecule has 98 valence electrons. The van der Waals surface area contributed by atoms with Crippen LogP contribution in [0.2, 0.25) is 0 Å². The summed E-state index contributed by atoms with van der Waals surface area (Å²) in [5.41, 5.74) is 7.79. The molecule has 2 fully saturated rings. The maximum atomic E-state index is 5.79. The third-order valence-corrected chi connectivity index (χ3v) is 4.57. The monoisotopic (exact) mass is 264 g/mol. The zero-order valence-corrected chi connectivity index (χ0v) is 11.5. The molecular formula is C13H20N4S. The van der Waals surface area contributed by atoms with Crippen molar-refractivity contribution in [3.63, 3.8) is 0 Å². The lowest BCUT2D eigenvalue weighted by atomic mass is 9.81. The molecule has 0 aromatic carbocycles. The first-order chi connectivity index (χ1) is 8.77. The molecule has 3 rings (SSSR count). The predicted octanol–water partition coefficient (Wildman–Crippen LogP) is 2.69. The fourth-order valence-electron chi connectivity index (χ4n) is 3.13. The van der Waals surface area contributed by atoms with Crippen LogP contribution in [0.25, 0.3) is 0 Å². The van der Waals surface area contributed by atoms with Gasteiger partial charge in [0.1, 0.15) is 10.7 Å². The van der Waals surface area contributed by atoms with Gasteiger partial charge in [-0.25, -0.2) is 4.68 Å². The summed E-state index contributed by atoms with van der Waals surface area (Å²) in [6.45, 7) is 0. The summed E-state index contributed by atoms with van der Waals surface area (Å²) >= 11 is 5.12. The molecule has 0 unspecified atom stereocenters. The fraction of sp³-hybridized carbons (Fsp3) is 0.769. The molecule has 0 saturated heterocycles. The molecule has 5 heteroatoms. The van der Waals surface area contributed by atoms with Gasteiger partial charge >= 0.3 is 0 Å². The number of nitrogens with two attached hydrogens (primary N) is 1. The summed E-state index contributed by atoms with van der Waals surface area (Å²) in [6.07, 6.45) is 10.2. The van der Waals surface area contributed by atoms with Gasteiger partial charge in [-0.15, -0.1) is 5.10 Å². The van der Waals surface area contributed by atoms with Gasteiger partial charge in [-0.1, -0.05) is 43.1 Å². The van der Waals surface area contributed by atoms with Gasteiger partial charge in [0.2, 0.25) is 0 Å². The third kappa shape index (κ3) is 2.05. The zero-order valence-electron chi connectivity index (χ0n) is 10.6. The SMILES string of the molecule is NC(=S)c1nnn(C2CCCCC2)c1C1CCC1. The largest absolute Gasteiger partial charge is 0.388 e. The fourth-order valence-corrected chi connectivity index (χ4v) is 3.28. The maximum absolute atomic E-state index is 5.79. The summed E-state index contributed by atoms with van der Waals surface area (Å²) in [7, 11) is 0. The van der Waals surface area contributed by atoms with Crippen molar-refractivity contribution in [3.05, 3.63) is 11.4 Å². The lowest BCUT2D eigenvalue weighted by Gasteiger charge is -2.30. The highest BCUT2D eigenvalue weighted by atomic mass is 32.1. The van der Waals surface area contributed by atoms with E-state index in [0.29, 0.717) is 16.9 Å². The highest BCUT2D eigenvalue weighted by Crippen LogP contribution is 2.40. The number of nitrogens with zero attached hydrogens (tertiary/aromatic N) is 3. The minimum Gasteiger partial charge on any atom is -0.388 e. The van der Waals surface area contributed by atoms with Gasteiger partial charge < -0.3 is 5.73 Å². The number of aromatic nitrogens is 3. The Morgan fingerprint density at radius 2 is 1.83 bits per heavy atom. The first-order valence-corrected chi connectivity index (χ1v) is 7.43. The predicted molar refractivity (Wildman–Crippen MR) is 74.6 cm³/mol. The van der Waals surface area contributed by atoms with E-state index in [1.54, 1.807) is 0 Å². The molecule has 2 saturated carbocycles. The average Bonchev–Trinajstić information content (AvgIpc) is 2.72. The second kappa shape index (κ2) is 4.96. The second-order valence-electron chi connectivity index (χ2n) is 5.55. The highest BCUT2D eigenvalue weighted by Gasteiger charge is 2.31. The number of thiocarbonyl (C=S) groups is 1. The summed E-state index contributed by atoms with van der Waals surface area (Å²) in [6, 6.07) is 0.518. The van der Waals surface area contributed by atoms with Gasteiger partial charge in [0.15, 0.2) is 0 Å². The highest BCUT2D eigenvalue weighted by molar-refractivity contribution is 7.80. The molecule has 0 bridgehead atoms. The number of rotatable bonds is 3. The quantitative estimate of drug-likeness (QED) is 0.853. The van der Waals surface area contributed by atoms with Crippen LogP contribution >= 0.6 is 12.2 Å². The van der Waals surface area contributed by atoms with Crippen molar-refractivity contribution in [2.75, 3.05) is 0 Å². The standard InChI is InChI=1S/C13H20N4S/c14-13(18)11-12(9-5-4-6-9)17(16-15-11)10-7-2-1-3-8-10/h9-10H,1-8H2,(H2,14,18). The van der Waals surface area contributed by atoms with E-state index in [0.717, 1.165) is 5.69 Å². The minimum atomic E-state index is 0.402. The average molecular weight is 264 g/mol. The van der Waals surface area contributed by atoms with Crippen LogP contribution in [0.3, 0.4) is 0 Å². The molecule has 1 aromatic rings. The molecule has 1 heterocycles. The van der Waals surface area contributed by atoms with E-state index in [-0.39, 0.29) is 0 Å². The maximum Gasteiger partial charge on any atom is 0.143 e. The van der Waals surface area contributed by atoms with Crippen molar-refractivity contribution in [2.45, 2.75) is 63.3 Å². The lowest BCUT2D eigenvalue weighted by Crippen LogP contribution is -2.23. The minimum absolute atomic E-state index is 0.402. The molecule has 0 radical (unpaired) electrons. The molecule has 0 spiro atoms. The zero-order chi connectivity index (χ0) is 12.5. The Bertz CT molecular complexity index is 444. The van der Waals surface area contributed by atoms with E-state index in [1.807, 2.05) is 0 Å². The Morgan fingerprint density at radius 1 is 1.11 bits per heavy atom. The topological polar surface area (TPSA) is 56.7 Å². The van der Waals surface area contributed by atoms with E-state index < -0.39 is 0 Å². The van der Waals surface area contributed by atoms with Gasteiger partial charge in [0.25, 0.3) is 0 Å². The smallest absolute Gasteiger partial charge is 0.143 e. The molecule has 2 aliphatic carbocycles. The number of hydrogen-bond acceptors (Lipinski definition) is 3. The van der Waals surface area contributed by atoms with Gasteiger partial charge in [-0.2, -0.15) is 0 Å². The first-order valence-electron chi connectivity index (χ1n) is 7.02. The first kappa shape index (κ1) is 12.1. The van der Waals surface area contributed by atoms with E-state index in [9.17, 15) is 0 Å². The summed E-state index contributed by atoms with van der Waals surface area (Å²) in [5.74, 6) is 0.582. The van der Waals surface area contributed by atoms with Crippen molar-refractivity contribution in [2.24, 2.45) is 5.73 Å².